The van der Waals surface area contributed by atoms with Gasteiger partial charge in [0.15, 0.2) is 0 Å². The lowest BCUT2D eigenvalue weighted by Gasteiger charge is -2.37. The quantitative estimate of drug-likeness (QED) is 0.461. The Morgan fingerprint density at radius 2 is 1.87 bits per heavy atom. The molecule has 8 heteroatoms. The number of hydrogen-bond acceptors (Lipinski definition) is 4. The normalized spacial score (nSPS) is 22.4. The van der Waals surface area contributed by atoms with Crippen molar-refractivity contribution in [1.29, 1.82) is 0 Å². The number of hydrogen-bond donors (Lipinski definition) is 2. The van der Waals surface area contributed by atoms with Crippen LogP contribution >= 0.6 is 36.0 Å². The van der Waals surface area contributed by atoms with Crippen LogP contribution in [0.25, 0.3) is 0 Å². The molecule has 1 N–H and O–H groups in total. The number of amides is 2. The summed E-state index contributed by atoms with van der Waals surface area (Å²) in [4.78, 5) is 17.1. The van der Waals surface area contributed by atoms with E-state index in [9.17, 15) is 4.79 Å². The van der Waals surface area contributed by atoms with Crippen LogP contribution < -0.4 is 10.2 Å². The molecule has 0 spiro atoms. The molecule has 31 heavy (non-hydrogen) atoms. The van der Waals surface area contributed by atoms with Crippen molar-refractivity contribution in [3.8, 4) is 0 Å². The predicted octanol–water partition coefficient (Wildman–Crippen LogP) is 5.72. The lowest BCUT2D eigenvalue weighted by atomic mass is 9.84. The topological polar surface area (TPSA) is 38.8 Å². The Labute approximate surface area is 203 Å². The van der Waals surface area contributed by atoms with E-state index < -0.39 is 0 Å². The second-order valence-electron chi connectivity index (χ2n) is 8.83. The van der Waals surface area contributed by atoms with Gasteiger partial charge in [0.05, 0.1) is 15.7 Å². The number of nitrogens with zero attached hydrogens (tertiary/aromatic N) is 3. The molecular formula is C23H36Cl2N4OS. The first-order valence-corrected chi connectivity index (χ1v) is 12.8. The molecule has 0 aromatic heterocycles. The summed E-state index contributed by atoms with van der Waals surface area (Å²) in [6.45, 7) is 8.06. The van der Waals surface area contributed by atoms with E-state index in [1.54, 1.807) is 0 Å². The first-order valence-electron chi connectivity index (χ1n) is 11.7. The van der Waals surface area contributed by atoms with Crippen molar-refractivity contribution in [2.24, 2.45) is 5.92 Å². The minimum Gasteiger partial charge on any atom is -0.368 e. The van der Waals surface area contributed by atoms with Gasteiger partial charge in [-0.15, -0.1) is 0 Å². The maximum Gasteiger partial charge on any atom is 0.327 e. The molecule has 2 fully saturated rings. The molecule has 0 bridgehead atoms. The number of carbonyl (C=O) groups is 1. The molecule has 1 saturated carbocycles. The Morgan fingerprint density at radius 1 is 1.16 bits per heavy atom. The smallest absolute Gasteiger partial charge is 0.327 e. The molecule has 1 saturated heterocycles. The van der Waals surface area contributed by atoms with E-state index in [1.165, 1.54) is 23.6 Å². The summed E-state index contributed by atoms with van der Waals surface area (Å²) in [6, 6.07) is 6.11. The van der Waals surface area contributed by atoms with E-state index in [0.29, 0.717) is 22.6 Å². The zero-order chi connectivity index (χ0) is 22.2. The Bertz CT molecular complexity index is 707. The molecule has 1 aliphatic heterocycles. The Kier molecular flexibility index (Phi) is 9.95. The van der Waals surface area contributed by atoms with Gasteiger partial charge in [-0.2, -0.15) is 0 Å². The van der Waals surface area contributed by atoms with Gasteiger partial charge in [0.2, 0.25) is 0 Å². The van der Waals surface area contributed by atoms with Crippen molar-refractivity contribution < 1.29 is 4.79 Å². The van der Waals surface area contributed by atoms with Gasteiger partial charge in [-0.05, 0) is 63.1 Å². The highest BCUT2D eigenvalue weighted by Gasteiger charge is 2.25. The van der Waals surface area contributed by atoms with Gasteiger partial charge in [0.25, 0.3) is 0 Å². The highest BCUT2D eigenvalue weighted by Crippen LogP contribution is 2.33. The second kappa shape index (κ2) is 12.4. The van der Waals surface area contributed by atoms with Crippen LogP contribution in [0.5, 0.6) is 0 Å². The molecule has 0 unspecified atom stereocenters. The summed E-state index contributed by atoms with van der Waals surface area (Å²) in [5, 5.41) is 4.44. The van der Waals surface area contributed by atoms with E-state index in [-0.39, 0.29) is 6.03 Å². The van der Waals surface area contributed by atoms with Gasteiger partial charge in [0, 0.05) is 38.8 Å². The summed E-state index contributed by atoms with van der Waals surface area (Å²) in [6.07, 6.45) is 7.85. The number of benzene rings is 1. The predicted molar refractivity (Wildman–Crippen MR) is 135 cm³/mol. The van der Waals surface area contributed by atoms with Crippen LogP contribution in [0.4, 0.5) is 10.5 Å². The standard InChI is InChI=1S/C23H36Cl2N4OS/c1-2-3-12-29(31)23(30)26-19-9-7-18(8-10-19)11-13-27-14-16-28(17-15-27)21-6-4-5-20(24)22(21)25/h4-6,18-19,31H,2-3,7-17H2,1H3,(H,26,30). The van der Waals surface area contributed by atoms with Crippen LogP contribution in [-0.2, 0) is 0 Å². The molecule has 2 amide bonds. The van der Waals surface area contributed by atoms with Crippen molar-refractivity contribution >= 4 is 47.7 Å². The molecule has 5 nitrogen and oxygen atoms in total. The van der Waals surface area contributed by atoms with E-state index in [1.807, 2.05) is 12.1 Å². The molecule has 1 aromatic carbocycles. The Balaban J connectivity index is 1.33. The third-order valence-electron chi connectivity index (χ3n) is 6.63. The summed E-state index contributed by atoms with van der Waals surface area (Å²) >= 11 is 16.9. The summed E-state index contributed by atoms with van der Waals surface area (Å²) in [7, 11) is 0. The first kappa shape index (κ1) is 24.8. The van der Waals surface area contributed by atoms with Crippen molar-refractivity contribution in [2.45, 2.75) is 57.9 Å². The van der Waals surface area contributed by atoms with Gasteiger partial charge in [-0.25, -0.2) is 4.79 Å². The SMILES string of the molecule is CCCCN(S)C(=O)NC1CCC(CCN2CCN(c3cccc(Cl)c3Cl)CC2)CC1. The monoisotopic (exact) mass is 486 g/mol. The highest BCUT2D eigenvalue weighted by atomic mass is 35.5. The molecular weight excluding hydrogens is 451 g/mol. The fourth-order valence-corrected chi connectivity index (χ4v) is 5.18. The van der Waals surface area contributed by atoms with Crippen molar-refractivity contribution in [3.63, 3.8) is 0 Å². The van der Waals surface area contributed by atoms with Gasteiger partial charge < -0.3 is 10.2 Å². The second-order valence-corrected chi connectivity index (χ2v) is 10.1. The summed E-state index contributed by atoms with van der Waals surface area (Å²) < 4.78 is 1.52. The first-order chi connectivity index (χ1) is 15.0. The number of piperazine rings is 1. The fourth-order valence-electron chi connectivity index (χ4n) is 4.57. The molecule has 3 rings (SSSR count). The van der Waals surface area contributed by atoms with Crippen LogP contribution in [-0.4, -0.2) is 60.5 Å². The lowest BCUT2D eigenvalue weighted by Crippen LogP contribution is -2.47. The van der Waals surface area contributed by atoms with E-state index in [4.69, 9.17) is 23.2 Å². The number of rotatable bonds is 8. The van der Waals surface area contributed by atoms with Gasteiger partial charge in [-0.3, -0.25) is 9.21 Å². The minimum atomic E-state index is -0.0436. The summed E-state index contributed by atoms with van der Waals surface area (Å²) in [5.74, 6) is 0.765. The van der Waals surface area contributed by atoms with Crippen molar-refractivity contribution in [2.75, 3.05) is 44.2 Å². The molecule has 174 valence electrons. The average molecular weight is 488 g/mol. The Morgan fingerprint density at radius 3 is 2.55 bits per heavy atom. The van der Waals surface area contributed by atoms with Gasteiger partial charge in [-0.1, -0.05) is 55.4 Å². The van der Waals surface area contributed by atoms with Crippen LogP contribution in [0, 0.1) is 5.92 Å². The number of nitrogens with one attached hydrogen (secondary N) is 1. The van der Waals surface area contributed by atoms with Gasteiger partial charge in [0.1, 0.15) is 0 Å². The number of unbranched alkanes of at least 4 members (excludes halogenated alkanes) is 1. The molecule has 0 radical (unpaired) electrons. The van der Waals surface area contributed by atoms with E-state index in [0.717, 1.165) is 70.0 Å². The maximum atomic E-state index is 12.2. The third kappa shape index (κ3) is 7.34. The largest absolute Gasteiger partial charge is 0.368 e. The number of anilines is 1. The molecule has 0 atom stereocenters. The van der Waals surface area contributed by atoms with E-state index in [2.05, 4.69) is 40.9 Å². The lowest BCUT2D eigenvalue weighted by molar-refractivity contribution is 0.199. The van der Waals surface area contributed by atoms with Gasteiger partial charge >= 0.3 is 6.03 Å². The van der Waals surface area contributed by atoms with Crippen LogP contribution in [0.2, 0.25) is 10.0 Å². The average Bonchev–Trinajstić information content (AvgIpc) is 2.79. The van der Waals surface area contributed by atoms with E-state index >= 15 is 0 Å². The maximum absolute atomic E-state index is 12.2. The zero-order valence-corrected chi connectivity index (χ0v) is 20.9. The van der Waals surface area contributed by atoms with Crippen molar-refractivity contribution in [3.05, 3.63) is 28.2 Å². The minimum absolute atomic E-state index is 0.0436. The molecule has 1 aliphatic carbocycles. The fraction of sp³-hybridized carbons (Fsp3) is 0.696. The number of urea groups is 1. The molecule has 2 aliphatic rings. The zero-order valence-electron chi connectivity index (χ0n) is 18.5. The highest BCUT2D eigenvalue weighted by molar-refractivity contribution is 7.78. The molecule has 1 aromatic rings. The number of carbonyl (C=O) groups excluding carboxylic acids is 1. The summed E-state index contributed by atoms with van der Waals surface area (Å²) in [5.41, 5.74) is 1.05. The third-order valence-corrected chi connectivity index (χ3v) is 7.82. The van der Waals surface area contributed by atoms with Crippen molar-refractivity contribution in [1.82, 2.24) is 14.5 Å². The van der Waals surface area contributed by atoms with Crippen LogP contribution in [0.1, 0.15) is 51.9 Å². The van der Waals surface area contributed by atoms with Crippen LogP contribution in [0.15, 0.2) is 18.2 Å². The number of thiol groups is 1. The molecule has 1 heterocycles. The number of halogens is 2. The Hall–Kier alpha value is -0.820. The van der Waals surface area contributed by atoms with Crippen LogP contribution in [0.3, 0.4) is 0 Å².